The molecular weight excluding hydrogens is 394 g/mol. The molecule has 0 radical (unpaired) electrons. The van der Waals surface area contributed by atoms with E-state index in [0.717, 1.165) is 16.8 Å². The number of amides is 2. The molecule has 0 unspecified atom stereocenters. The van der Waals surface area contributed by atoms with Crippen molar-refractivity contribution in [3.05, 3.63) is 58.7 Å². The molecule has 7 heteroatoms. The van der Waals surface area contributed by atoms with Gasteiger partial charge in [-0.05, 0) is 54.3 Å². The summed E-state index contributed by atoms with van der Waals surface area (Å²) in [5.74, 6) is 1.07. The molecule has 4 rings (SSSR count). The Balaban J connectivity index is 1.66. The number of rotatable bonds is 5. The van der Waals surface area contributed by atoms with Crippen LogP contribution in [-0.2, 0) is 9.59 Å². The summed E-state index contributed by atoms with van der Waals surface area (Å²) < 4.78 is 11.0. The molecule has 2 aliphatic heterocycles. The first-order valence-electron chi connectivity index (χ1n) is 10.5. The summed E-state index contributed by atoms with van der Waals surface area (Å²) in [6.45, 7) is 6.10. The molecule has 2 aromatic rings. The predicted octanol–water partition coefficient (Wildman–Crippen LogP) is 3.58. The minimum Gasteiger partial charge on any atom is -0.454 e. The Hall–Kier alpha value is -3.35. The third kappa shape index (κ3) is 4.13. The van der Waals surface area contributed by atoms with E-state index in [0.29, 0.717) is 24.3 Å². The Morgan fingerprint density at radius 3 is 2.61 bits per heavy atom. The third-order valence-electron chi connectivity index (χ3n) is 5.89. The fourth-order valence-corrected chi connectivity index (χ4v) is 3.85. The number of hydrogen-bond donors (Lipinski definition) is 0. The second-order valence-corrected chi connectivity index (χ2v) is 8.02. The van der Waals surface area contributed by atoms with Crippen LogP contribution in [0.4, 0.5) is 0 Å². The number of carbonyl (C=O) groups is 2. The van der Waals surface area contributed by atoms with Crippen LogP contribution in [0.15, 0.2) is 41.5 Å². The highest BCUT2D eigenvalue weighted by atomic mass is 16.7. The van der Waals surface area contributed by atoms with Gasteiger partial charge in [-0.15, -0.1) is 0 Å². The second-order valence-electron chi connectivity index (χ2n) is 8.02. The number of carbonyl (C=O) groups excluding carboxylic acids is 2. The van der Waals surface area contributed by atoms with Crippen molar-refractivity contribution in [2.45, 2.75) is 39.7 Å². The van der Waals surface area contributed by atoms with E-state index in [2.05, 4.69) is 26.0 Å². The van der Waals surface area contributed by atoms with Crippen LogP contribution >= 0.6 is 0 Å². The summed E-state index contributed by atoms with van der Waals surface area (Å²) in [4.78, 5) is 26.6. The lowest BCUT2D eigenvalue weighted by molar-refractivity contribution is -0.140. The molecule has 0 bridgehead atoms. The summed E-state index contributed by atoms with van der Waals surface area (Å²) in [6, 6.07) is 11.7. The molecular formula is C24H27N3O4. The van der Waals surface area contributed by atoms with E-state index >= 15 is 0 Å². The van der Waals surface area contributed by atoms with Gasteiger partial charge in [-0.2, -0.15) is 5.10 Å². The summed E-state index contributed by atoms with van der Waals surface area (Å²) in [5, 5.41) is 6.22. The van der Waals surface area contributed by atoms with E-state index in [4.69, 9.17) is 14.6 Å². The van der Waals surface area contributed by atoms with Gasteiger partial charge < -0.3 is 14.4 Å². The van der Waals surface area contributed by atoms with E-state index in [1.165, 1.54) is 21.0 Å². The Morgan fingerprint density at radius 1 is 1.10 bits per heavy atom. The summed E-state index contributed by atoms with van der Waals surface area (Å²) in [6.07, 6.45) is 0.936. The van der Waals surface area contributed by atoms with Crippen molar-refractivity contribution in [1.29, 1.82) is 0 Å². The maximum Gasteiger partial charge on any atom is 0.262 e. The van der Waals surface area contributed by atoms with Crippen LogP contribution in [0.2, 0.25) is 0 Å². The molecule has 31 heavy (non-hydrogen) atoms. The molecule has 2 heterocycles. The molecule has 1 atom stereocenters. The monoisotopic (exact) mass is 421 g/mol. The quantitative estimate of drug-likeness (QED) is 0.740. The fraction of sp³-hybridized carbons (Fsp3) is 0.375. The summed E-state index contributed by atoms with van der Waals surface area (Å²) in [5.41, 5.74) is 5.16. The molecule has 2 amide bonds. The van der Waals surface area contributed by atoms with Crippen LogP contribution < -0.4 is 9.47 Å². The van der Waals surface area contributed by atoms with E-state index in [-0.39, 0.29) is 31.2 Å². The maximum absolute atomic E-state index is 13.2. The third-order valence-corrected chi connectivity index (χ3v) is 5.89. The fourth-order valence-electron chi connectivity index (χ4n) is 3.85. The number of benzene rings is 2. The van der Waals surface area contributed by atoms with Crippen LogP contribution in [0, 0.1) is 13.8 Å². The van der Waals surface area contributed by atoms with E-state index in [9.17, 15) is 9.59 Å². The highest BCUT2D eigenvalue weighted by molar-refractivity contribution is 6.03. The Labute approximate surface area is 182 Å². The molecule has 0 saturated heterocycles. The molecule has 0 aromatic heterocycles. The highest BCUT2D eigenvalue weighted by Crippen LogP contribution is 2.39. The van der Waals surface area contributed by atoms with Crippen LogP contribution in [0.3, 0.4) is 0 Å². The Kier molecular flexibility index (Phi) is 5.67. The Bertz CT molecular complexity index is 1060. The van der Waals surface area contributed by atoms with Crippen molar-refractivity contribution in [1.82, 2.24) is 9.91 Å². The zero-order valence-electron chi connectivity index (χ0n) is 18.3. The lowest BCUT2D eigenvalue weighted by Gasteiger charge is -2.25. The van der Waals surface area contributed by atoms with Gasteiger partial charge in [-0.1, -0.05) is 25.1 Å². The van der Waals surface area contributed by atoms with Gasteiger partial charge in [0.15, 0.2) is 11.5 Å². The number of hydrogen-bond acceptors (Lipinski definition) is 5. The van der Waals surface area contributed by atoms with Gasteiger partial charge >= 0.3 is 0 Å². The molecule has 2 aromatic carbocycles. The summed E-state index contributed by atoms with van der Waals surface area (Å²) in [7, 11) is 1.64. The molecule has 0 saturated carbocycles. The Morgan fingerprint density at radius 2 is 1.87 bits per heavy atom. The second kappa shape index (κ2) is 8.41. The average molecular weight is 421 g/mol. The van der Waals surface area contributed by atoms with Gasteiger partial charge in [-0.25, -0.2) is 5.01 Å². The first kappa shape index (κ1) is 20.9. The predicted molar refractivity (Wildman–Crippen MR) is 117 cm³/mol. The van der Waals surface area contributed by atoms with Crippen molar-refractivity contribution in [3.63, 3.8) is 0 Å². The first-order chi connectivity index (χ1) is 14.9. The van der Waals surface area contributed by atoms with Crippen molar-refractivity contribution in [2.24, 2.45) is 5.10 Å². The standard InChI is InChI=1S/C24H27N3O4/c1-5-23(28)26(4)13-24(29)27-20(18-8-9-21-22(11-18)31-14-30-21)12-19(25-27)17-7-6-15(2)16(3)10-17/h6-11,20H,5,12-14H2,1-4H3/t20-/m0/s1. The topological polar surface area (TPSA) is 71.4 Å². The van der Waals surface area contributed by atoms with Gasteiger partial charge in [0.25, 0.3) is 5.91 Å². The van der Waals surface area contributed by atoms with Crippen molar-refractivity contribution >= 4 is 17.5 Å². The van der Waals surface area contributed by atoms with Crippen molar-refractivity contribution < 1.29 is 19.1 Å². The smallest absolute Gasteiger partial charge is 0.262 e. The summed E-state index contributed by atoms with van der Waals surface area (Å²) >= 11 is 0. The van der Waals surface area contributed by atoms with Crippen LogP contribution in [0.1, 0.15) is 48.1 Å². The van der Waals surface area contributed by atoms with Gasteiger partial charge in [0.05, 0.1) is 11.8 Å². The molecule has 7 nitrogen and oxygen atoms in total. The van der Waals surface area contributed by atoms with E-state index in [1.54, 1.807) is 14.0 Å². The van der Waals surface area contributed by atoms with Gasteiger partial charge in [-0.3, -0.25) is 9.59 Å². The molecule has 0 fully saturated rings. The van der Waals surface area contributed by atoms with Gasteiger partial charge in [0, 0.05) is 19.9 Å². The van der Waals surface area contributed by atoms with Gasteiger partial charge in [0.2, 0.25) is 12.7 Å². The largest absolute Gasteiger partial charge is 0.454 e. The molecule has 0 aliphatic carbocycles. The molecule has 2 aliphatic rings. The SMILES string of the molecule is CCC(=O)N(C)CC(=O)N1N=C(c2ccc(C)c(C)c2)C[C@H]1c1ccc2c(c1)OCO2. The zero-order chi connectivity index (χ0) is 22.1. The minimum absolute atomic E-state index is 0.0164. The number of nitrogens with zero attached hydrogens (tertiary/aromatic N) is 3. The average Bonchev–Trinajstić information content (AvgIpc) is 3.41. The van der Waals surface area contributed by atoms with Crippen molar-refractivity contribution in [3.8, 4) is 11.5 Å². The minimum atomic E-state index is -0.274. The number of aryl methyl sites for hydroxylation is 2. The highest BCUT2D eigenvalue weighted by Gasteiger charge is 2.34. The normalized spacial score (nSPS) is 17.0. The molecule has 162 valence electrons. The van der Waals surface area contributed by atoms with Crippen LogP contribution in [0.25, 0.3) is 0 Å². The van der Waals surface area contributed by atoms with E-state index < -0.39 is 0 Å². The van der Waals surface area contributed by atoms with Gasteiger partial charge in [0.1, 0.15) is 6.54 Å². The van der Waals surface area contributed by atoms with Crippen LogP contribution in [0.5, 0.6) is 11.5 Å². The lowest BCUT2D eigenvalue weighted by Crippen LogP contribution is -2.38. The zero-order valence-corrected chi connectivity index (χ0v) is 18.3. The molecule has 0 spiro atoms. The lowest BCUT2D eigenvalue weighted by atomic mass is 9.96. The first-order valence-corrected chi connectivity index (χ1v) is 10.5. The number of fused-ring (bicyclic) bond motifs is 1. The number of likely N-dealkylation sites (N-methyl/N-ethyl adjacent to an activating group) is 1. The van der Waals surface area contributed by atoms with Crippen molar-refractivity contribution in [2.75, 3.05) is 20.4 Å². The molecule has 0 N–H and O–H groups in total. The maximum atomic E-state index is 13.2. The number of ether oxygens (including phenoxy) is 2. The van der Waals surface area contributed by atoms with E-state index in [1.807, 2.05) is 24.3 Å². The van der Waals surface area contributed by atoms with Crippen LogP contribution in [-0.4, -0.2) is 47.8 Å². The number of hydrazone groups is 1.